The summed E-state index contributed by atoms with van der Waals surface area (Å²) in [6, 6.07) is 0. The predicted molar refractivity (Wildman–Crippen MR) is 105 cm³/mol. The summed E-state index contributed by atoms with van der Waals surface area (Å²) in [4.78, 5) is 28.5. The molecule has 0 spiro atoms. The van der Waals surface area contributed by atoms with Gasteiger partial charge in [-0.15, -0.1) is 0 Å². The van der Waals surface area contributed by atoms with E-state index in [0.717, 1.165) is 77.5 Å². The summed E-state index contributed by atoms with van der Waals surface area (Å²) >= 11 is 0. The Kier molecular flexibility index (Phi) is 6.60. The minimum atomic E-state index is -0.825. The summed E-state index contributed by atoms with van der Waals surface area (Å²) in [6.45, 7) is 4.99. The molecular weight excluding hydrogens is 340 g/mol. The van der Waals surface area contributed by atoms with E-state index < -0.39 is 5.60 Å². The van der Waals surface area contributed by atoms with Crippen LogP contribution in [0.15, 0.2) is 0 Å². The molecule has 1 amide bonds. The Balaban J connectivity index is 1.45. The van der Waals surface area contributed by atoms with Crippen LogP contribution in [-0.2, 0) is 9.59 Å². The van der Waals surface area contributed by atoms with E-state index >= 15 is 0 Å². The number of carbonyl (C=O) groups excluding carboxylic acids is 2. The molecule has 0 aromatic carbocycles. The van der Waals surface area contributed by atoms with E-state index in [9.17, 15) is 14.7 Å². The zero-order chi connectivity index (χ0) is 19.4. The third-order valence-corrected chi connectivity index (χ3v) is 6.78. The van der Waals surface area contributed by atoms with Crippen LogP contribution in [0.1, 0.15) is 58.3 Å². The summed E-state index contributed by atoms with van der Waals surface area (Å²) < 4.78 is 0. The summed E-state index contributed by atoms with van der Waals surface area (Å²) in [5, 5.41) is 10.6. The van der Waals surface area contributed by atoms with E-state index in [1.807, 2.05) is 4.90 Å². The molecule has 2 heterocycles. The quantitative estimate of drug-likeness (QED) is 0.752. The summed E-state index contributed by atoms with van der Waals surface area (Å²) in [6.07, 6.45) is 6.67. The third kappa shape index (κ3) is 5.33. The van der Waals surface area contributed by atoms with Crippen LogP contribution in [0, 0.1) is 29.6 Å². The number of amides is 1. The van der Waals surface area contributed by atoms with Gasteiger partial charge in [0.05, 0.1) is 0 Å². The molecule has 1 saturated carbocycles. The Morgan fingerprint density at radius 3 is 2.04 bits per heavy atom. The number of Topliss-reactive ketones (excluding diaryl/α,β-unsaturated/α-hetero) is 1. The van der Waals surface area contributed by atoms with Gasteiger partial charge >= 0.3 is 0 Å². The monoisotopic (exact) mass is 374 g/mol. The summed E-state index contributed by atoms with van der Waals surface area (Å²) in [7, 11) is 2.08. The fourth-order valence-electron chi connectivity index (χ4n) is 4.60. The molecule has 0 unspecified atom stereocenters. The van der Waals surface area contributed by atoms with Crippen LogP contribution in [0.3, 0.4) is 0 Å². The molecule has 2 aliphatic heterocycles. The highest BCUT2D eigenvalue weighted by atomic mass is 16.3. The molecular formula is C22H34N2O3. The van der Waals surface area contributed by atoms with Crippen molar-refractivity contribution in [2.45, 2.75) is 63.9 Å². The SMILES string of the molecule is CC(=O)C1CCC(C(=O)N2CCC(C#CC3(O)CCN(C)CC3)CC2)CC1. The number of carbonyl (C=O) groups is 2. The number of piperidine rings is 2. The van der Waals surface area contributed by atoms with Gasteiger partial charge in [-0.2, -0.15) is 0 Å². The maximum absolute atomic E-state index is 12.8. The molecule has 27 heavy (non-hydrogen) atoms. The van der Waals surface area contributed by atoms with Gasteiger partial charge in [-0.05, 0) is 52.5 Å². The highest BCUT2D eigenvalue weighted by molar-refractivity contribution is 5.81. The van der Waals surface area contributed by atoms with Crippen LogP contribution in [-0.4, -0.2) is 65.4 Å². The van der Waals surface area contributed by atoms with Crippen molar-refractivity contribution in [3.63, 3.8) is 0 Å². The van der Waals surface area contributed by atoms with Crippen molar-refractivity contribution in [2.75, 3.05) is 33.2 Å². The minimum Gasteiger partial charge on any atom is -0.378 e. The number of likely N-dealkylation sites (tertiary alicyclic amines) is 2. The van der Waals surface area contributed by atoms with E-state index in [2.05, 4.69) is 23.8 Å². The second-order valence-corrected chi connectivity index (χ2v) is 8.86. The molecule has 2 saturated heterocycles. The van der Waals surface area contributed by atoms with Gasteiger partial charge in [0.15, 0.2) is 0 Å². The van der Waals surface area contributed by atoms with Gasteiger partial charge in [0.25, 0.3) is 0 Å². The maximum Gasteiger partial charge on any atom is 0.225 e. The van der Waals surface area contributed by atoms with Crippen LogP contribution in [0.4, 0.5) is 0 Å². The molecule has 3 fully saturated rings. The van der Waals surface area contributed by atoms with Gasteiger partial charge < -0.3 is 14.9 Å². The topological polar surface area (TPSA) is 60.9 Å². The van der Waals surface area contributed by atoms with Crippen molar-refractivity contribution in [3.8, 4) is 11.8 Å². The Morgan fingerprint density at radius 1 is 0.926 bits per heavy atom. The fraction of sp³-hybridized carbons (Fsp3) is 0.818. The van der Waals surface area contributed by atoms with Gasteiger partial charge in [0.1, 0.15) is 11.4 Å². The van der Waals surface area contributed by atoms with Gasteiger partial charge in [-0.25, -0.2) is 0 Å². The van der Waals surface area contributed by atoms with Crippen LogP contribution in [0.2, 0.25) is 0 Å². The lowest BCUT2D eigenvalue weighted by Crippen LogP contribution is -2.43. The second-order valence-electron chi connectivity index (χ2n) is 8.86. The molecule has 3 rings (SSSR count). The normalized spacial score (nSPS) is 29.7. The second kappa shape index (κ2) is 8.75. The molecule has 0 radical (unpaired) electrons. The molecule has 3 aliphatic rings. The summed E-state index contributed by atoms with van der Waals surface area (Å²) in [5.41, 5.74) is -0.825. The standard InChI is InChI=1S/C22H34N2O3/c1-17(25)19-3-5-20(6-4-19)21(26)24-13-8-18(9-14-24)7-10-22(27)11-15-23(2)16-12-22/h18-20,27H,3-6,8-9,11-16H2,1-2H3. The van der Waals surface area contributed by atoms with E-state index in [-0.39, 0.29) is 29.4 Å². The number of hydrogen-bond acceptors (Lipinski definition) is 4. The average molecular weight is 375 g/mol. The number of aliphatic hydroxyl groups is 1. The summed E-state index contributed by atoms with van der Waals surface area (Å²) in [5.74, 6) is 7.56. The highest BCUT2D eigenvalue weighted by Crippen LogP contribution is 2.31. The molecule has 5 nitrogen and oxygen atoms in total. The van der Waals surface area contributed by atoms with Crippen molar-refractivity contribution in [1.82, 2.24) is 9.80 Å². The Morgan fingerprint density at radius 2 is 1.48 bits per heavy atom. The van der Waals surface area contributed by atoms with Crippen molar-refractivity contribution in [3.05, 3.63) is 0 Å². The smallest absolute Gasteiger partial charge is 0.225 e. The van der Waals surface area contributed by atoms with Crippen molar-refractivity contribution >= 4 is 11.7 Å². The first-order chi connectivity index (χ1) is 12.9. The number of hydrogen-bond donors (Lipinski definition) is 1. The average Bonchev–Trinajstić information content (AvgIpc) is 2.69. The number of nitrogens with zero attached hydrogens (tertiary/aromatic N) is 2. The Hall–Kier alpha value is -1.38. The van der Waals surface area contributed by atoms with Crippen molar-refractivity contribution in [1.29, 1.82) is 0 Å². The maximum atomic E-state index is 12.8. The zero-order valence-corrected chi connectivity index (χ0v) is 16.9. The van der Waals surface area contributed by atoms with Crippen LogP contribution >= 0.6 is 0 Å². The van der Waals surface area contributed by atoms with Crippen molar-refractivity contribution < 1.29 is 14.7 Å². The van der Waals surface area contributed by atoms with Gasteiger partial charge in [0.2, 0.25) is 5.91 Å². The lowest BCUT2D eigenvalue weighted by atomic mass is 9.79. The molecule has 0 aromatic heterocycles. The molecule has 0 atom stereocenters. The predicted octanol–water partition coefficient (Wildman–Crippen LogP) is 2.08. The van der Waals surface area contributed by atoms with E-state index in [4.69, 9.17) is 0 Å². The molecule has 0 aromatic rings. The molecule has 1 N–H and O–H groups in total. The van der Waals surface area contributed by atoms with Crippen LogP contribution < -0.4 is 0 Å². The largest absolute Gasteiger partial charge is 0.378 e. The van der Waals surface area contributed by atoms with Crippen LogP contribution in [0.5, 0.6) is 0 Å². The minimum absolute atomic E-state index is 0.100. The molecule has 5 heteroatoms. The van der Waals surface area contributed by atoms with Crippen molar-refractivity contribution in [2.24, 2.45) is 17.8 Å². The number of ketones is 1. The van der Waals surface area contributed by atoms with Gasteiger partial charge in [0, 0.05) is 56.8 Å². The van der Waals surface area contributed by atoms with E-state index in [1.54, 1.807) is 6.92 Å². The fourth-order valence-corrected chi connectivity index (χ4v) is 4.60. The number of rotatable bonds is 2. The Labute approximate surface area is 163 Å². The highest BCUT2D eigenvalue weighted by Gasteiger charge is 2.33. The van der Waals surface area contributed by atoms with Crippen LogP contribution in [0.25, 0.3) is 0 Å². The van der Waals surface area contributed by atoms with Gasteiger partial charge in [-0.1, -0.05) is 11.8 Å². The van der Waals surface area contributed by atoms with E-state index in [1.165, 1.54) is 0 Å². The lowest BCUT2D eigenvalue weighted by Gasteiger charge is -2.35. The first kappa shape index (κ1) is 20.4. The first-order valence-electron chi connectivity index (χ1n) is 10.6. The third-order valence-electron chi connectivity index (χ3n) is 6.78. The Bertz CT molecular complexity index is 597. The van der Waals surface area contributed by atoms with E-state index in [0.29, 0.717) is 0 Å². The molecule has 1 aliphatic carbocycles. The lowest BCUT2D eigenvalue weighted by molar-refractivity contribution is -0.139. The molecule has 150 valence electrons. The van der Waals surface area contributed by atoms with Gasteiger partial charge in [-0.3, -0.25) is 9.59 Å². The zero-order valence-electron chi connectivity index (χ0n) is 16.9. The molecule has 0 bridgehead atoms. The first-order valence-corrected chi connectivity index (χ1v) is 10.6.